The van der Waals surface area contributed by atoms with Gasteiger partial charge in [-0.05, 0) is 44.1 Å². The van der Waals surface area contributed by atoms with Crippen LogP contribution in [0.1, 0.15) is 12.8 Å². The summed E-state index contributed by atoms with van der Waals surface area (Å²) in [4.78, 5) is 23.9. The number of nitrogens with zero attached hydrogens (tertiary/aromatic N) is 3. The van der Waals surface area contributed by atoms with Crippen LogP contribution in [0.5, 0.6) is 0 Å². The standard InChI is InChI=1S/C22H22N4O/c27-22-17-8-2-4-10-20(17)24-21(26(22)14-13-25-11-5-6-12-25)18-15-23-19-9-3-1-7-16(18)19/h1-4,7-10,15,23H,5-6,11-14H2. The van der Waals surface area contributed by atoms with Gasteiger partial charge in [0.2, 0.25) is 0 Å². The van der Waals surface area contributed by atoms with Crippen LogP contribution in [0.2, 0.25) is 0 Å². The quantitative estimate of drug-likeness (QED) is 0.606. The first-order valence-corrected chi connectivity index (χ1v) is 9.60. The minimum Gasteiger partial charge on any atom is -0.360 e. The number of para-hydroxylation sites is 2. The number of H-pyrrole nitrogens is 1. The Morgan fingerprint density at radius 1 is 0.926 bits per heavy atom. The van der Waals surface area contributed by atoms with Crippen LogP contribution in [0.4, 0.5) is 0 Å². The molecule has 1 saturated heterocycles. The molecule has 5 heteroatoms. The third-order valence-electron chi connectivity index (χ3n) is 5.53. The number of likely N-dealkylation sites (tertiary alicyclic amines) is 1. The van der Waals surface area contributed by atoms with Crippen LogP contribution in [-0.2, 0) is 6.54 Å². The van der Waals surface area contributed by atoms with Crippen LogP contribution in [0.3, 0.4) is 0 Å². The average Bonchev–Trinajstić information content (AvgIpc) is 3.37. The molecular weight excluding hydrogens is 336 g/mol. The van der Waals surface area contributed by atoms with E-state index in [0.717, 1.165) is 47.4 Å². The van der Waals surface area contributed by atoms with Crippen molar-refractivity contribution in [2.75, 3.05) is 19.6 Å². The average molecular weight is 358 g/mol. The third-order valence-corrected chi connectivity index (χ3v) is 5.53. The van der Waals surface area contributed by atoms with E-state index in [0.29, 0.717) is 11.9 Å². The highest BCUT2D eigenvalue weighted by Gasteiger charge is 2.17. The number of hydrogen-bond acceptors (Lipinski definition) is 3. The molecule has 0 saturated carbocycles. The van der Waals surface area contributed by atoms with Crippen molar-refractivity contribution in [1.82, 2.24) is 19.4 Å². The summed E-state index contributed by atoms with van der Waals surface area (Å²) in [6.45, 7) is 3.79. The molecule has 1 aliphatic rings. The molecule has 0 amide bonds. The Hall–Kier alpha value is -2.92. The van der Waals surface area contributed by atoms with Crippen molar-refractivity contribution in [3.63, 3.8) is 0 Å². The molecule has 5 nitrogen and oxygen atoms in total. The van der Waals surface area contributed by atoms with Crippen LogP contribution in [-0.4, -0.2) is 39.1 Å². The number of rotatable bonds is 4. The summed E-state index contributed by atoms with van der Waals surface area (Å²) in [5.41, 5.74) is 2.83. The molecule has 0 aliphatic carbocycles. The fraction of sp³-hybridized carbons (Fsp3) is 0.273. The molecular formula is C22H22N4O. The first-order valence-electron chi connectivity index (χ1n) is 9.60. The lowest BCUT2D eigenvalue weighted by Gasteiger charge is -2.18. The van der Waals surface area contributed by atoms with E-state index < -0.39 is 0 Å². The fourth-order valence-electron chi connectivity index (χ4n) is 4.09. The van der Waals surface area contributed by atoms with E-state index >= 15 is 0 Å². The highest BCUT2D eigenvalue weighted by atomic mass is 16.1. The van der Waals surface area contributed by atoms with E-state index in [1.54, 1.807) is 0 Å². The van der Waals surface area contributed by atoms with Crippen molar-refractivity contribution in [2.45, 2.75) is 19.4 Å². The summed E-state index contributed by atoms with van der Waals surface area (Å²) in [5, 5.41) is 1.78. The normalized spacial score (nSPS) is 15.1. The molecule has 0 radical (unpaired) electrons. The molecule has 5 rings (SSSR count). The smallest absolute Gasteiger partial charge is 0.261 e. The SMILES string of the molecule is O=c1c2ccccc2nc(-c2c[nH]c3ccccc23)n1CCN1CCCC1. The van der Waals surface area contributed by atoms with Crippen molar-refractivity contribution in [3.05, 3.63) is 65.1 Å². The summed E-state index contributed by atoms with van der Waals surface area (Å²) >= 11 is 0. The van der Waals surface area contributed by atoms with E-state index in [9.17, 15) is 4.79 Å². The van der Waals surface area contributed by atoms with Crippen LogP contribution in [0, 0.1) is 0 Å². The van der Waals surface area contributed by atoms with E-state index in [4.69, 9.17) is 4.98 Å². The van der Waals surface area contributed by atoms with Gasteiger partial charge in [-0.2, -0.15) is 0 Å². The van der Waals surface area contributed by atoms with Gasteiger partial charge in [-0.15, -0.1) is 0 Å². The zero-order valence-corrected chi connectivity index (χ0v) is 15.2. The van der Waals surface area contributed by atoms with Gasteiger partial charge in [0.1, 0.15) is 5.82 Å². The molecule has 4 aromatic rings. The molecule has 2 aromatic carbocycles. The first kappa shape index (κ1) is 16.3. The lowest BCUT2D eigenvalue weighted by atomic mass is 10.1. The molecule has 3 heterocycles. The van der Waals surface area contributed by atoms with Crippen molar-refractivity contribution < 1.29 is 0 Å². The fourth-order valence-corrected chi connectivity index (χ4v) is 4.09. The van der Waals surface area contributed by atoms with Gasteiger partial charge in [-0.3, -0.25) is 9.36 Å². The molecule has 2 aromatic heterocycles. The third kappa shape index (κ3) is 2.84. The molecule has 1 N–H and O–H groups in total. The van der Waals surface area contributed by atoms with Gasteiger partial charge in [-0.1, -0.05) is 30.3 Å². The van der Waals surface area contributed by atoms with Crippen LogP contribution in [0.15, 0.2) is 59.5 Å². The predicted octanol–water partition coefficient (Wildman–Crippen LogP) is 3.64. The second-order valence-corrected chi connectivity index (χ2v) is 7.21. The summed E-state index contributed by atoms with van der Waals surface area (Å²) in [7, 11) is 0. The Balaban J connectivity index is 1.69. The Bertz CT molecular complexity index is 1170. The molecule has 0 spiro atoms. The molecule has 0 unspecified atom stereocenters. The topological polar surface area (TPSA) is 53.9 Å². The maximum Gasteiger partial charge on any atom is 0.261 e. The Kier molecular flexibility index (Phi) is 4.02. The largest absolute Gasteiger partial charge is 0.360 e. The maximum absolute atomic E-state index is 13.3. The number of aromatic amines is 1. The zero-order valence-electron chi connectivity index (χ0n) is 15.2. The number of hydrogen-bond donors (Lipinski definition) is 1. The minimum absolute atomic E-state index is 0.0417. The lowest BCUT2D eigenvalue weighted by molar-refractivity contribution is 0.321. The van der Waals surface area contributed by atoms with Gasteiger partial charge in [0, 0.05) is 35.8 Å². The first-order chi connectivity index (χ1) is 13.3. The van der Waals surface area contributed by atoms with Gasteiger partial charge in [0.25, 0.3) is 5.56 Å². The highest BCUT2D eigenvalue weighted by molar-refractivity contribution is 5.94. The molecule has 1 fully saturated rings. The molecule has 0 atom stereocenters. The van der Waals surface area contributed by atoms with Gasteiger partial charge in [0.05, 0.1) is 10.9 Å². The van der Waals surface area contributed by atoms with Crippen LogP contribution < -0.4 is 5.56 Å². The maximum atomic E-state index is 13.3. The molecule has 0 bridgehead atoms. The van der Waals surface area contributed by atoms with E-state index in [1.807, 2.05) is 53.2 Å². The van der Waals surface area contributed by atoms with Gasteiger partial charge >= 0.3 is 0 Å². The Labute approximate surface area is 157 Å². The van der Waals surface area contributed by atoms with Crippen LogP contribution >= 0.6 is 0 Å². The second-order valence-electron chi connectivity index (χ2n) is 7.21. The van der Waals surface area contributed by atoms with Crippen molar-refractivity contribution in [1.29, 1.82) is 0 Å². The number of nitrogens with one attached hydrogen (secondary N) is 1. The molecule has 27 heavy (non-hydrogen) atoms. The minimum atomic E-state index is 0.0417. The lowest BCUT2D eigenvalue weighted by Crippen LogP contribution is -2.30. The number of aromatic nitrogens is 3. The van der Waals surface area contributed by atoms with E-state index in [-0.39, 0.29) is 5.56 Å². The van der Waals surface area contributed by atoms with Crippen molar-refractivity contribution in [2.24, 2.45) is 0 Å². The summed E-state index contributed by atoms with van der Waals surface area (Å²) in [6.07, 6.45) is 4.47. The van der Waals surface area contributed by atoms with E-state index in [2.05, 4.69) is 16.0 Å². The second kappa shape index (κ2) is 6.67. The van der Waals surface area contributed by atoms with Gasteiger partial charge < -0.3 is 9.88 Å². The Morgan fingerprint density at radius 3 is 2.52 bits per heavy atom. The van der Waals surface area contributed by atoms with Gasteiger partial charge in [0.15, 0.2) is 0 Å². The van der Waals surface area contributed by atoms with E-state index in [1.165, 1.54) is 12.8 Å². The summed E-state index contributed by atoms with van der Waals surface area (Å²) in [6, 6.07) is 15.8. The van der Waals surface area contributed by atoms with Crippen molar-refractivity contribution in [3.8, 4) is 11.4 Å². The predicted molar refractivity (Wildman–Crippen MR) is 109 cm³/mol. The number of benzene rings is 2. The molecule has 1 aliphatic heterocycles. The summed E-state index contributed by atoms with van der Waals surface area (Å²) < 4.78 is 1.86. The number of fused-ring (bicyclic) bond motifs is 2. The highest BCUT2D eigenvalue weighted by Crippen LogP contribution is 2.27. The monoisotopic (exact) mass is 358 g/mol. The molecule has 136 valence electrons. The zero-order chi connectivity index (χ0) is 18.2. The Morgan fingerprint density at radius 2 is 1.67 bits per heavy atom. The van der Waals surface area contributed by atoms with Crippen molar-refractivity contribution >= 4 is 21.8 Å². The van der Waals surface area contributed by atoms with Gasteiger partial charge in [-0.25, -0.2) is 4.98 Å². The van der Waals surface area contributed by atoms with Crippen LogP contribution in [0.25, 0.3) is 33.2 Å². The summed E-state index contributed by atoms with van der Waals surface area (Å²) in [5.74, 6) is 0.746.